The summed E-state index contributed by atoms with van der Waals surface area (Å²) in [6, 6.07) is 15.0. The van der Waals surface area contributed by atoms with E-state index in [9.17, 15) is 8.42 Å². The Morgan fingerprint density at radius 2 is 1.72 bits per heavy atom. The van der Waals surface area contributed by atoms with Crippen molar-refractivity contribution in [3.8, 4) is 5.75 Å². The summed E-state index contributed by atoms with van der Waals surface area (Å²) in [5, 5.41) is 0. The molecule has 0 unspecified atom stereocenters. The van der Waals surface area contributed by atoms with Crippen molar-refractivity contribution in [1.82, 2.24) is 0 Å². The number of benzene rings is 2. The van der Waals surface area contributed by atoms with Crippen molar-refractivity contribution in [1.29, 1.82) is 0 Å². The Hall–Kier alpha value is -2.21. The number of rotatable bonds is 9. The number of sulfonamides is 1. The predicted molar refractivity (Wildman–Crippen MR) is 104 cm³/mol. The van der Waals surface area contributed by atoms with Gasteiger partial charge in [-0.05, 0) is 56.7 Å². The van der Waals surface area contributed by atoms with Crippen LogP contribution in [0.2, 0.25) is 0 Å². The van der Waals surface area contributed by atoms with Crippen LogP contribution in [0.5, 0.6) is 5.75 Å². The summed E-state index contributed by atoms with van der Waals surface area (Å²) in [7, 11) is -3.46. The monoisotopic (exact) mass is 362 g/mol. The summed E-state index contributed by atoms with van der Waals surface area (Å²) in [5.74, 6) is 0.566. The van der Waals surface area contributed by atoms with E-state index in [0.717, 1.165) is 24.3 Å². The van der Waals surface area contributed by atoms with Gasteiger partial charge in [0, 0.05) is 18.8 Å². The molecule has 0 spiro atoms. The largest absolute Gasteiger partial charge is 0.492 e. The van der Waals surface area contributed by atoms with E-state index < -0.39 is 10.0 Å². The van der Waals surface area contributed by atoms with Crippen molar-refractivity contribution < 1.29 is 13.2 Å². The summed E-state index contributed by atoms with van der Waals surface area (Å²) in [4.78, 5) is 2.22. The van der Waals surface area contributed by atoms with E-state index in [2.05, 4.69) is 23.5 Å². The van der Waals surface area contributed by atoms with Crippen LogP contribution in [0.3, 0.4) is 0 Å². The van der Waals surface area contributed by atoms with Gasteiger partial charge in [-0.25, -0.2) is 8.42 Å². The third-order valence-electron chi connectivity index (χ3n) is 3.97. The van der Waals surface area contributed by atoms with E-state index in [0.29, 0.717) is 11.4 Å². The lowest BCUT2D eigenvalue weighted by Crippen LogP contribution is -2.23. The number of para-hydroxylation sites is 1. The number of nitrogens with zero attached hydrogens (tertiary/aromatic N) is 1. The van der Waals surface area contributed by atoms with E-state index in [1.165, 1.54) is 0 Å². The topological polar surface area (TPSA) is 58.6 Å². The minimum atomic E-state index is -3.46. The molecule has 6 heteroatoms. The van der Waals surface area contributed by atoms with Crippen molar-refractivity contribution in [2.24, 2.45) is 0 Å². The van der Waals surface area contributed by atoms with Crippen molar-refractivity contribution in [2.45, 2.75) is 20.8 Å². The summed E-state index contributed by atoms with van der Waals surface area (Å²) < 4.78 is 32.7. The van der Waals surface area contributed by atoms with E-state index in [1.54, 1.807) is 12.1 Å². The first kappa shape index (κ1) is 19.1. The maximum Gasteiger partial charge on any atom is 0.236 e. The highest BCUT2D eigenvalue weighted by molar-refractivity contribution is 7.92. The maximum atomic E-state index is 12.3. The molecule has 0 aliphatic rings. The normalized spacial score (nSPS) is 11.2. The second-order valence-electron chi connectivity index (χ2n) is 5.75. The van der Waals surface area contributed by atoms with Gasteiger partial charge in [-0.3, -0.25) is 4.72 Å². The summed E-state index contributed by atoms with van der Waals surface area (Å²) in [6.45, 7) is 8.04. The molecule has 0 amide bonds. The predicted octanol–water partition coefficient (Wildman–Crippen LogP) is 3.66. The lowest BCUT2D eigenvalue weighted by atomic mass is 10.1. The summed E-state index contributed by atoms with van der Waals surface area (Å²) >= 11 is 0. The van der Waals surface area contributed by atoms with Crippen LogP contribution in [0.1, 0.15) is 19.4 Å². The molecule has 0 saturated carbocycles. The van der Waals surface area contributed by atoms with Gasteiger partial charge in [-0.1, -0.05) is 18.2 Å². The van der Waals surface area contributed by atoms with Crippen molar-refractivity contribution in [3.05, 3.63) is 54.1 Å². The fourth-order valence-corrected chi connectivity index (χ4v) is 3.52. The number of nitrogens with one attached hydrogen (secondary N) is 1. The first-order valence-electron chi connectivity index (χ1n) is 8.49. The first-order valence-corrected chi connectivity index (χ1v) is 10.1. The molecule has 0 aromatic heterocycles. The van der Waals surface area contributed by atoms with Crippen LogP contribution >= 0.6 is 0 Å². The number of anilines is 2. The molecule has 2 aromatic rings. The zero-order chi connectivity index (χ0) is 18.3. The molecule has 0 atom stereocenters. The van der Waals surface area contributed by atoms with E-state index in [4.69, 9.17) is 4.74 Å². The molecule has 0 bridgehead atoms. The standard InChI is InChI=1S/C19H26N2O3S/c1-4-21(5-2)17-11-12-19(16(3)15-17)20-25(22,23)14-13-24-18-9-7-6-8-10-18/h6-12,15,20H,4-5,13-14H2,1-3H3. The molecular formula is C19H26N2O3S. The molecular weight excluding hydrogens is 336 g/mol. The molecule has 2 aromatic carbocycles. The van der Waals surface area contributed by atoms with E-state index in [-0.39, 0.29) is 12.4 Å². The van der Waals surface area contributed by atoms with E-state index >= 15 is 0 Å². The van der Waals surface area contributed by atoms with Gasteiger partial charge in [0.05, 0.1) is 5.69 Å². The Kier molecular flexibility index (Phi) is 6.70. The molecule has 0 radical (unpaired) electrons. The summed E-state index contributed by atoms with van der Waals surface area (Å²) in [5.41, 5.74) is 2.60. The first-order chi connectivity index (χ1) is 11.9. The van der Waals surface area contributed by atoms with Crippen molar-refractivity contribution in [3.63, 3.8) is 0 Å². The second kappa shape index (κ2) is 8.76. The molecule has 25 heavy (non-hydrogen) atoms. The van der Waals surface area contributed by atoms with Crippen LogP contribution in [0, 0.1) is 6.92 Å². The van der Waals surface area contributed by atoms with E-state index in [1.807, 2.05) is 43.3 Å². The van der Waals surface area contributed by atoms with Crippen LogP contribution in [0.25, 0.3) is 0 Å². The van der Waals surface area contributed by atoms with Gasteiger partial charge in [-0.15, -0.1) is 0 Å². The van der Waals surface area contributed by atoms with Crippen LogP contribution in [0.4, 0.5) is 11.4 Å². The minimum absolute atomic E-state index is 0.0981. The van der Waals surface area contributed by atoms with Gasteiger partial charge >= 0.3 is 0 Å². The number of ether oxygens (including phenoxy) is 1. The Bertz CT molecular complexity index is 773. The Morgan fingerprint density at radius 1 is 1.04 bits per heavy atom. The highest BCUT2D eigenvalue weighted by Gasteiger charge is 2.13. The lowest BCUT2D eigenvalue weighted by molar-refractivity contribution is 0.341. The van der Waals surface area contributed by atoms with Crippen LogP contribution in [-0.4, -0.2) is 33.9 Å². The Labute approximate surface area is 150 Å². The van der Waals surface area contributed by atoms with Crippen LogP contribution in [-0.2, 0) is 10.0 Å². The Morgan fingerprint density at radius 3 is 2.32 bits per heavy atom. The third-order valence-corrected chi connectivity index (χ3v) is 5.20. The quantitative estimate of drug-likeness (QED) is 0.739. The molecule has 0 heterocycles. The average molecular weight is 362 g/mol. The van der Waals surface area contributed by atoms with Gasteiger partial charge in [-0.2, -0.15) is 0 Å². The minimum Gasteiger partial charge on any atom is -0.492 e. The van der Waals surface area contributed by atoms with Gasteiger partial charge in [0.15, 0.2) is 0 Å². The fourth-order valence-electron chi connectivity index (χ4n) is 2.55. The molecule has 136 valence electrons. The molecule has 2 rings (SSSR count). The van der Waals surface area contributed by atoms with Gasteiger partial charge < -0.3 is 9.64 Å². The molecule has 0 fully saturated rings. The zero-order valence-electron chi connectivity index (χ0n) is 15.0. The fraction of sp³-hybridized carbons (Fsp3) is 0.368. The molecule has 1 N–H and O–H groups in total. The summed E-state index contributed by atoms with van der Waals surface area (Å²) in [6.07, 6.45) is 0. The molecule has 0 aliphatic heterocycles. The van der Waals surface area contributed by atoms with Crippen LogP contribution < -0.4 is 14.4 Å². The second-order valence-corrected chi connectivity index (χ2v) is 7.60. The lowest BCUT2D eigenvalue weighted by Gasteiger charge is -2.22. The molecule has 0 aliphatic carbocycles. The third kappa shape index (κ3) is 5.67. The van der Waals surface area contributed by atoms with Gasteiger partial charge in [0.2, 0.25) is 10.0 Å². The highest BCUT2D eigenvalue weighted by atomic mass is 32.2. The number of hydrogen-bond acceptors (Lipinski definition) is 4. The number of hydrogen-bond donors (Lipinski definition) is 1. The van der Waals surface area contributed by atoms with Gasteiger partial charge in [0.25, 0.3) is 0 Å². The van der Waals surface area contributed by atoms with Gasteiger partial charge in [0.1, 0.15) is 18.1 Å². The van der Waals surface area contributed by atoms with Crippen molar-refractivity contribution >= 4 is 21.4 Å². The average Bonchev–Trinajstić information content (AvgIpc) is 2.59. The Balaban J connectivity index is 1.97. The highest BCUT2D eigenvalue weighted by Crippen LogP contribution is 2.23. The molecule has 0 saturated heterocycles. The number of aryl methyl sites for hydroxylation is 1. The smallest absolute Gasteiger partial charge is 0.236 e. The molecule has 5 nitrogen and oxygen atoms in total. The van der Waals surface area contributed by atoms with Crippen LogP contribution in [0.15, 0.2) is 48.5 Å². The maximum absolute atomic E-state index is 12.3. The van der Waals surface area contributed by atoms with Crippen molar-refractivity contribution in [2.75, 3.05) is 35.1 Å². The SMILES string of the molecule is CCN(CC)c1ccc(NS(=O)(=O)CCOc2ccccc2)c(C)c1. The zero-order valence-corrected chi connectivity index (χ0v) is 15.8.